The highest BCUT2D eigenvalue weighted by molar-refractivity contribution is 5.81. The summed E-state index contributed by atoms with van der Waals surface area (Å²) in [5.74, 6) is 0.685. The monoisotopic (exact) mass is 378 g/mol. The molecule has 0 radical (unpaired) electrons. The largest absolute Gasteiger partial charge is 0.366 e. The van der Waals surface area contributed by atoms with Crippen LogP contribution in [-0.2, 0) is 11.3 Å². The number of para-hydroxylation sites is 1. The third-order valence-corrected chi connectivity index (χ3v) is 5.13. The quantitative estimate of drug-likeness (QED) is 0.741. The van der Waals surface area contributed by atoms with Crippen molar-refractivity contribution in [1.82, 2.24) is 24.6 Å². The van der Waals surface area contributed by atoms with E-state index in [1.165, 1.54) is 10.9 Å². The van der Waals surface area contributed by atoms with Gasteiger partial charge >= 0.3 is 0 Å². The summed E-state index contributed by atoms with van der Waals surface area (Å²) in [6, 6.07) is 9.48. The second kappa shape index (κ2) is 7.75. The highest BCUT2D eigenvalue weighted by atomic mass is 16.2. The van der Waals surface area contributed by atoms with E-state index >= 15 is 0 Å². The number of hydrogen-bond donors (Lipinski definition) is 1. The van der Waals surface area contributed by atoms with E-state index in [1.54, 1.807) is 12.3 Å². The molecule has 2 aromatic heterocycles. The smallest absolute Gasteiger partial charge is 0.261 e. The Balaban J connectivity index is 1.39. The number of aryl methyl sites for hydroxylation is 1. The summed E-state index contributed by atoms with van der Waals surface area (Å²) in [5.41, 5.74) is 1.46. The number of nitrogens with one attached hydrogen (secondary N) is 1. The zero-order chi connectivity index (χ0) is 19.5. The van der Waals surface area contributed by atoms with Gasteiger partial charge in [0.2, 0.25) is 5.91 Å². The van der Waals surface area contributed by atoms with Gasteiger partial charge in [0, 0.05) is 25.3 Å². The van der Waals surface area contributed by atoms with Crippen molar-refractivity contribution in [2.75, 3.05) is 18.4 Å². The minimum atomic E-state index is -0.179. The lowest BCUT2D eigenvalue weighted by atomic mass is 10.0. The number of anilines is 1. The van der Waals surface area contributed by atoms with Gasteiger partial charge in [0.1, 0.15) is 12.4 Å². The van der Waals surface area contributed by atoms with Crippen molar-refractivity contribution >= 4 is 22.6 Å². The molecule has 1 aromatic carbocycles. The van der Waals surface area contributed by atoms with E-state index in [9.17, 15) is 9.59 Å². The Labute approximate surface area is 162 Å². The number of piperidine rings is 1. The average Bonchev–Trinajstić information content (AvgIpc) is 2.72. The van der Waals surface area contributed by atoms with Crippen LogP contribution in [0.15, 0.2) is 47.7 Å². The molecule has 1 fully saturated rings. The Bertz CT molecular complexity index is 1040. The number of nitrogens with zero attached hydrogens (tertiary/aromatic N) is 5. The second-order valence-corrected chi connectivity index (χ2v) is 7.06. The Kier molecular flexibility index (Phi) is 5.01. The Morgan fingerprint density at radius 2 is 2.04 bits per heavy atom. The molecular formula is C20H22N6O2. The Morgan fingerprint density at radius 3 is 2.79 bits per heavy atom. The SMILES string of the molecule is Cc1cccc2c(=O)n(CC(=O)N3CCC(Nc4cccnn4)CC3)cnc12. The standard InChI is InChI=1S/C20H22N6O2/c1-14-4-2-5-16-19(14)21-13-26(20(16)28)12-18(27)25-10-7-15(8-11-25)23-17-6-3-9-22-24-17/h2-6,9,13,15H,7-8,10-12H2,1H3,(H,23,24). The van der Waals surface area contributed by atoms with E-state index in [0.29, 0.717) is 24.0 Å². The van der Waals surface area contributed by atoms with Crippen molar-refractivity contribution in [2.24, 2.45) is 0 Å². The van der Waals surface area contributed by atoms with Crippen LogP contribution >= 0.6 is 0 Å². The Hall–Kier alpha value is -3.29. The van der Waals surface area contributed by atoms with Gasteiger partial charge in [0.05, 0.1) is 17.2 Å². The molecule has 0 saturated carbocycles. The van der Waals surface area contributed by atoms with E-state index in [-0.39, 0.29) is 24.1 Å². The molecule has 1 saturated heterocycles. The van der Waals surface area contributed by atoms with Gasteiger partial charge in [0.15, 0.2) is 0 Å². The minimum Gasteiger partial charge on any atom is -0.366 e. The van der Waals surface area contributed by atoms with Gasteiger partial charge in [-0.2, -0.15) is 5.10 Å². The first-order valence-electron chi connectivity index (χ1n) is 9.38. The summed E-state index contributed by atoms with van der Waals surface area (Å²) in [7, 11) is 0. The molecule has 3 aromatic rings. The highest BCUT2D eigenvalue weighted by Crippen LogP contribution is 2.15. The zero-order valence-electron chi connectivity index (χ0n) is 15.7. The van der Waals surface area contributed by atoms with Crippen molar-refractivity contribution in [1.29, 1.82) is 0 Å². The molecule has 0 bridgehead atoms. The summed E-state index contributed by atoms with van der Waals surface area (Å²) in [5, 5.41) is 11.8. The summed E-state index contributed by atoms with van der Waals surface area (Å²) < 4.78 is 1.40. The van der Waals surface area contributed by atoms with Crippen LogP contribution in [0, 0.1) is 6.92 Å². The maximum atomic E-state index is 12.7. The molecule has 1 aliphatic heterocycles. The summed E-state index contributed by atoms with van der Waals surface area (Å²) in [6.07, 6.45) is 4.76. The van der Waals surface area contributed by atoms with E-state index in [2.05, 4.69) is 20.5 Å². The summed E-state index contributed by atoms with van der Waals surface area (Å²) in [4.78, 5) is 31.5. The molecule has 1 N–H and O–H groups in total. The first-order valence-corrected chi connectivity index (χ1v) is 9.38. The lowest BCUT2D eigenvalue weighted by Crippen LogP contribution is -2.44. The number of rotatable bonds is 4. The van der Waals surface area contributed by atoms with Crippen molar-refractivity contribution in [3.63, 3.8) is 0 Å². The number of benzene rings is 1. The lowest BCUT2D eigenvalue weighted by Gasteiger charge is -2.32. The number of fused-ring (bicyclic) bond motifs is 1. The topological polar surface area (TPSA) is 93.0 Å². The Morgan fingerprint density at radius 1 is 1.21 bits per heavy atom. The van der Waals surface area contributed by atoms with Gasteiger partial charge in [0.25, 0.3) is 5.56 Å². The second-order valence-electron chi connectivity index (χ2n) is 7.06. The van der Waals surface area contributed by atoms with Gasteiger partial charge in [-0.25, -0.2) is 4.98 Å². The highest BCUT2D eigenvalue weighted by Gasteiger charge is 2.23. The van der Waals surface area contributed by atoms with E-state index in [0.717, 1.165) is 24.2 Å². The van der Waals surface area contributed by atoms with E-state index in [1.807, 2.05) is 36.1 Å². The lowest BCUT2D eigenvalue weighted by molar-refractivity contribution is -0.132. The molecule has 3 heterocycles. The van der Waals surface area contributed by atoms with Crippen molar-refractivity contribution in [3.05, 3.63) is 58.8 Å². The van der Waals surface area contributed by atoms with Crippen LogP contribution in [-0.4, -0.2) is 49.7 Å². The molecule has 0 spiro atoms. The van der Waals surface area contributed by atoms with Crippen molar-refractivity contribution < 1.29 is 4.79 Å². The van der Waals surface area contributed by atoms with Gasteiger partial charge in [-0.1, -0.05) is 12.1 Å². The van der Waals surface area contributed by atoms with Gasteiger partial charge in [-0.3, -0.25) is 14.2 Å². The van der Waals surface area contributed by atoms with Crippen LogP contribution in [0.1, 0.15) is 18.4 Å². The number of carbonyl (C=O) groups excluding carboxylic acids is 1. The molecule has 28 heavy (non-hydrogen) atoms. The van der Waals surface area contributed by atoms with Gasteiger partial charge < -0.3 is 10.2 Å². The van der Waals surface area contributed by atoms with Crippen molar-refractivity contribution in [2.45, 2.75) is 32.4 Å². The molecule has 0 atom stereocenters. The van der Waals surface area contributed by atoms with Crippen molar-refractivity contribution in [3.8, 4) is 0 Å². The molecular weight excluding hydrogens is 356 g/mol. The molecule has 1 amide bonds. The van der Waals surface area contributed by atoms with Crippen LogP contribution < -0.4 is 10.9 Å². The summed E-state index contributed by atoms with van der Waals surface area (Å²) in [6.45, 7) is 3.22. The van der Waals surface area contributed by atoms with Crippen LogP contribution in [0.2, 0.25) is 0 Å². The third-order valence-electron chi connectivity index (χ3n) is 5.13. The van der Waals surface area contributed by atoms with Gasteiger partial charge in [-0.15, -0.1) is 5.10 Å². The molecule has 8 nitrogen and oxygen atoms in total. The fourth-order valence-corrected chi connectivity index (χ4v) is 3.56. The first kappa shape index (κ1) is 18.1. The maximum absolute atomic E-state index is 12.7. The normalized spacial score (nSPS) is 15.0. The first-order chi connectivity index (χ1) is 13.6. The third kappa shape index (κ3) is 3.71. The molecule has 4 rings (SSSR count). The fourth-order valence-electron chi connectivity index (χ4n) is 3.56. The molecule has 0 unspecified atom stereocenters. The fraction of sp³-hybridized carbons (Fsp3) is 0.350. The molecule has 1 aliphatic rings. The minimum absolute atomic E-state index is 0.0119. The van der Waals surface area contributed by atoms with E-state index < -0.39 is 0 Å². The van der Waals surface area contributed by atoms with Crippen LogP contribution in [0.5, 0.6) is 0 Å². The number of hydrogen-bond acceptors (Lipinski definition) is 6. The number of aromatic nitrogens is 4. The zero-order valence-corrected chi connectivity index (χ0v) is 15.7. The molecule has 0 aliphatic carbocycles. The predicted octanol–water partition coefficient (Wildman–Crippen LogP) is 1.60. The molecule has 144 valence electrons. The predicted molar refractivity (Wildman–Crippen MR) is 106 cm³/mol. The van der Waals surface area contributed by atoms with E-state index in [4.69, 9.17) is 0 Å². The molecule has 8 heteroatoms. The number of amides is 1. The van der Waals surface area contributed by atoms with Crippen LogP contribution in [0.25, 0.3) is 10.9 Å². The van der Waals surface area contributed by atoms with Crippen LogP contribution in [0.3, 0.4) is 0 Å². The summed E-state index contributed by atoms with van der Waals surface area (Å²) >= 11 is 0. The number of likely N-dealkylation sites (tertiary alicyclic amines) is 1. The van der Waals surface area contributed by atoms with Crippen LogP contribution in [0.4, 0.5) is 5.82 Å². The van der Waals surface area contributed by atoms with Gasteiger partial charge in [-0.05, 0) is 43.5 Å². The maximum Gasteiger partial charge on any atom is 0.261 e. The number of carbonyl (C=O) groups is 1. The average molecular weight is 378 g/mol.